The van der Waals surface area contributed by atoms with Crippen LogP contribution in [0.3, 0.4) is 0 Å². The number of esters is 2. The summed E-state index contributed by atoms with van der Waals surface area (Å²) in [6.07, 6.45) is 1.52. The molecule has 3 amide bonds. The summed E-state index contributed by atoms with van der Waals surface area (Å²) in [5.74, 6) is -2.73. The molecule has 17 heteroatoms. The van der Waals surface area contributed by atoms with Gasteiger partial charge < -0.3 is 30.7 Å². The molecule has 1 aromatic rings. The van der Waals surface area contributed by atoms with Gasteiger partial charge in [0.2, 0.25) is 12.7 Å². The van der Waals surface area contributed by atoms with Crippen LogP contribution in [0.5, 0.6) is 0 Å². The number of halogens is 1. The number of rotatable bonds is 9. The molecule has 0 bridgehead atoms. The lowest BCUT2D eigenvalue weighted by Gasteiger charge is -2.48. The first-order valence-electron chi connectivity index (χ1n) is 11.3. The van der Waals surface area contributed by atoms with Crippen LogP contribution in [-0.4, -0.2) is 82.4 Å². The molecule has 14 nitrogen and oxygen atoms in total. The first kappa shape index (κ1) is 32.0. The molecule has 3 rings (SSSR count). The summed E-state index contributed by atoms with van der Waals surface area (Å²) >= 11 is 2.38. The lowest BCUT2D eigenvalue weighted by molar-refractivity contribution is -0.173. The summed E-state index contributed by atoms with van der Waals surface area (Å²) in [6, 6.07) is -1.71. The molecule has 2 aliphatic heterocycles. The maximum absolute atomic E-state index is 13.0. The average molecular weight is 605 g/mol. The number of hydrogen-bond acceptors (Lipinski definition) is 13. The van der Waals surface area contributed by atoms with E-state index >= 15 is 0 Å². The number of oxime groups is 1. The number of nitrogens with two attached hydrogens (primary N) is 1. The van der Waals surface area contributed by atoms with E-state index in [0.717, 1.165) is 11.3 Å². The van der Waals surface area contributed by atoms with Crippen molar-refractivity contribution in [1.82, 2.24) is 15.2 Å². The first-order valence-corrected chi connectivity index (χ1v) is 13.2. The molecule has 3 heterocycles. The van der Waals surface area contributed by atoms with E-state index < -0.39 is 59.3 Å². The van der Waals surface area contributed by atoms with E-state index in [1.165, 1.54) is 42.2 Å². The van der Waals surface area contributed by atoms with E-state index in [2.05, 4.69) is 20.8 Å². The fourth-order valence-electron chi connectivity index (χ4n) is 3.12. The van der Waals surface area contributed by atoms with Gasteiger partial charge in [-0.15, -0.1) is 35.5 Å². The molecule has 0 spiro atoms. The van der Waals surface area contributed by atoms with Crippen LogP contribution in [0.4, 0.5) is 5.13 Å². The first-order chi connectivity index (χ1) is 17.8. The number of anilines is 1. The molecule has 0 saturated carbocycles. The molecule has 214 valence electrons. The predicted octanol–water partition coefficient (Wildman–Crippen LogP) is 0.575. The summed E-state index contributed by atoms with van der Waals surface area (Å²) in [6.45, 7) is 5.90. The van der Waals surface area contributed by atoms with Gasteiger partial charge in [0.05, 0.1) is 11.5 Å². The molecular weight excluding hydrogens is 576 g/mol. The fraction of sp³-hybridized carbons (Fsp3) is 0.500. The minimum absolute atomic E-state index is 0. The Labute approximate surface area is 238 Å². The number of amides is 3. The molecule has 3 unspecified atom stereocenters. The highest BCUT2D eigenvalue weighted by Gasteiger charge is 2.53. The number of hydrogen-bond donors (Lipinski definition) is 3. The minimum atomic E-state index is -0.958. The van der Waals surface area contributed by atoms with Gasteiger partial charge in [0.15, 0.2) is 10.8 Å². The maximum Gasteiger partial charge on any atom is 0.357 e. The second-order valence-corrected chi connectivity index (χ2v) is 11.2. The summed E-state index contributed by atoms with van der Waals surface area (Å²) in [5.41, 5.74) is 4.67. The highest BCUT2D eigenvalue weighted by atomic mass is 35.5. The second-order valence-electron chi connectivity index (χ2n) is 9.14. The number of thioether (sulfide) groups is 1. The number of carbonyl (C=O) groups is 5. The topological polar surface area (TPSA) is 192 Å². The van der Waals surface area contributed by atoms with Crippen LogP contribution in [0.1, 0.15) is 33.4 Å². The monoisotopic (exact) mass is 604 g/mol. The van der Waals surface area contributed by atoms with Crippen molar-refractivity contribution in [3.8, 4) is 0 Å². The van der Waals surface area contributed by atoms with E-state index in [1.54, 1.807) is 20.8 Å². The van der Waals surface area contributed by atoms with Crippen LogP contribution < -0.4 is 16.4 Å². The van der Waals surface area contributed by atoms with Gasteiger partial charge in [-0.2, -0.15) is 0 Å². The third kappa shape index (κ3) is 7.46. The van der Waals surface area contributed by atoms with Crippen molar-refractivity contribution >= 4 is 76.0 Å². The summed E-state index contributed by atoms with van der Waals surface area (Å²) in [4.78, 5) is 72.2. The summed E-state index contributed by atoms with van der Waals surface area (Å²) in [5, 5.41) is 9.96. The fourth-order valence-corrected chi connectivity index (χ4v) is 5.01. The predicted molar refractivity (Wildman–Crippen MR) is 145 cm³/mol. The van der Waals surface area contributed by atoms with Crippen molar-refractivity contribution < 1.29 is 38.3 Å². The maximum atomic E-state index is 13.0. The Balaban J connectivity index is 0.00000533. The Kier molecular flexibility index (Phi) is 10.9. The summed E-state index contributed by atoms with van der Waals surface area (Å²) < 4.78 is 9.96. The van der Waals surface area contributed by atoms with Gasteiger partial charge >= 0.3 is 11.9 Å². The van der Waals surface area contributed by atoms with Gasteiger partial charge in [-0.05, 0) is 33.8 Å². The van der Waals surface area contributed by atoms with Gasteiger partial charge in [0.25, 0.3) is 11.8 Å². The largest absolute Gasteiger partial charge is 0.427 e. The summed E-state index contributed by atoms with van der Waals surface area (Å²) in [7, 11) is 1.24. The molecule has 0 aromatic carbocycles. The van der Waals surface area contributed by atoms with Crippen LogP contribution in [0.25, 0.3) is 0 Å². The average Bonchev–Trinajstić information content (AvgIpc) is 3.31. The number of thiazole rings is 1. The van der Waals surface area contributed by atoms with Crippen LogP contribution in [0.15, 0.2) is 22.3 Å². The van der Waals surface area contributed by atoms with Crippen molar-refractivity contribution in [1.29, 1.82) is 0 Å². The molecule has 39 heavy (non-hydrogen) atoms. The second kappa shape index (κ2) is 13.2. The van der Waals surface area contributed by atoms with Crippen molar-refractivity contribution in [2.24, 2.45) is 16.3 Å². The zero-order valence-corrected chi connectivity index (χ0v) is 24.2. The third-order valence-corrected chi connectivity index (χ3v) is 7.06. The van der Waals surface area contributed by atoms with E-state index in [4.69, 9.17) is 20.0 Å². The van der Waals surface area contributed by atoms with Crippen LogP contribution in [-0.2, 0) is 38.3 Å². The standard InChI is InChI=1S/C22H28N6O8S2.ClH/c1-10(23)15(29)26-21-24-11(8-38-21)13(27-34-5)16(30)25-14-17(31)28-12(6-7-37-18(14)28)19(32)35-9-36-20(33)22(2,3)4;/h6,8,10,14,18H,7,9,23H2,1-5H3,(H,25,30)(H,24,26,29);1H. The number of carbonyl (C=O) groups excluding carboxylic acids is 5. The van der Waals surface area contributed by atoms with E-state index in [-0.39, 0.29) is 34.6 Å². The van der Waals surface area contributed by atoms with Gasteiger partial charge in [0.1, 0.15) is 29.9 Å². The lowest BCUT2D eigenvalue weighted by Crippen LogP contribution is -2.70. The highest BCUT2D eigenvalue weighted by molar-refractivity contribution is 8.00. The Hall–Kier alpha value is -3.21. The highest BCUT2D eigenvalue weighted by Crippen LogP contribution is 2.38. The minimum Gasteiger partial charge on any atom is -0.427 e. The molecule has 0 radical (unpaired) electrons. The number of β-lactam (4-membered cyclic amide) rings is 1. The molecule has 4 N–H and O–H groups in total. The number of ether oxygens (including phenoxy) is 2. The van der Waals surface area contributed by atoms with E-state index in [0.29, 0.717) is 5.75 Å². The van der Waals surface area contributed by atoms with Gasteiger partial charge in [-0.1, -0.05) is 5.16 Å². The Morgan fingerprint density at radius 2 is 1.97 bits per heavy atom. The molecule has 2 aliphatic rings. The Morgan fingerprint density at radius 1 is 1.28 bits per heavy atom. The van der Waals surface area contributed by atoms with E-state index in [9.17, 15) is 24.0 Å². The van der Waals surface area contributed by atoms with Crippen LogP contribution in [0, 0.1) is 5.41 Å². The molecule has 3 atom stereocenters. The van der Waals surface area contributed by atoms with Crippen molar-refractivity contribution in [2.45, 2.75) is 45.2 Å². The molecule has 1 saturated heterocycles. The van der Waals surface area contributed by atoms with Crippen molar-refractivity contribution in [2.75, 3.05) is 25.0 Å². The number of nitrogens with one attached hydrogen (secondary N) is 2. The van der Waals surface area contributed by atoms with Crippen LogP contribution in [0.2, 0.25) is 0 Å². The van der Waals surface area contributed by atoms with E-state index in [1.807, 2.05) is 0 Å². The van der Waals surface area contributed by atoms with Gasteiger partial charge in [-0.3, -0.25) is 24.1 Å². The van der Waals surface area contributed by atoms with Crippen molar-refractivity contribution in [3.63, 3.8) is 0 Å². The number of nitrogens with zero attached hydrogens (tertiary/aromatic N) is 3. The SMILES string of the molecule is CON=C(C(=O)NC1C(=O)N2C(C(=O)OCOC(=O)C(C)(C)C)=CCSC12)c1csc(NC(=O)C(C)N)n1.Cl. The zero-order valence-electron chi connectivity index (χ0n) is 21.7. The lowest BCUT2D eigenvalue weighted by atomic mass is 9.98. The molecule has 1 aromatic heterocycles. The Morgan fingerprint density at radius 3 is 2.59 bits per heavy atom. The molecule has 1 fully saturated rings. The molecular formula is C22H29ClN6O8S2. The smallest absolute Gasteiger partial charge is 0.357 e. The number of fused-ring (bicyclic) bond motifs is 1. The van der Waals surface area contributed by atoms with Crippen LogP contribution >= 0.6 is 35.5 Å². The quantitative estimate of drug-likeness (QED) is 0.117. The Bertz CT molecular complexity index is 1200. The van der Waals surface area contributed by atoms with Gasteiger partial charge in [-0.25, -0.2) is 9.78 Å². The van der Waals surface area contributed by atoms with Crippen molar-refractivity contribution in [3.05, 3.63) is 22.8 Å². The normalized spacial score (nSPS) is 19.3. The number of aromatic nitrogens is 1. The van der Waals surface area contributed by atoms with Gasteiger partial charge in [0, 0.05) is 11.1 Å². The zero-order chi connectivity index (χ0) is 28.2. The third-order valence-electron chi connectivity index (χ3n) is 5.12. The molecule has 0 aliphatic carbocycles.